The van der Waals surface area contributed by atoms with Gasteiger partial charge >= 0.3 is 0 Å². The van der Waals surface area contributed by atoms with Crippen LogP contribution in [-0.4, -0.2) is 48.3 Å². The Kier molecular flexibility index (Phi) is 5.51. The molecule has 1 aromatic heterocycles. The lowest BCUT2D eigenvalue weighted by Crippen LogP contribution is -2.41. The second kappa shape index (κ2) is 8.47. The van der Waals surface area contributed by atoms with Gasteiger partial charge < -0.3 is 0 Å². The molecule has 2 aliphatic rings. The Labute approximate surface area is 188 Å². The number of pyridine rings is 1. The molecule has 0 bridgehead atoms. The van der Waals surface area contributed by atoms with Crippen LogP contribution in [-0.2, 0) is 23.0 Å². The fraction of sp³-hybridized carbons (Fsp3) is 0.280. The highest BCUT2D eigenvalue weighted by Gasteiger charge is 2.36. The van der Waals surface area contributed by atoms with Crippen molar-refractivity contribution in [3.05, 3.63) is 83.4 Å². The Hall–Kier alpha value is -3.05. The molecule has 1 atom stereocenters. The van der Waals surface area contributed by atoms with Crippen molar-refractivity contribution in [1.29, 1.82) is 5.26 Å². The summed E-state index contributed by atoms with van der Waals surface area (Å²) in [5, 5.41) is 9.05. The van der Waals surface area contributed by atoms with Gasteiger partial charge in [-0.1, -0.05) is 42.5 Å². The van der Waals surface area contributed by atoms with Gasteiger partial charge in [0.15, 0.2) is 5.03 Å². The largest absolute Gasteiger partial charge is 0.294 e. The van der Waals surface area contributed by atoms with E-state index < -0.39 is 10.0 Å². The van der Waals surface area contributed by atoms with E-state index in [4.69, 9.17) is 5.26 Å². The highest BCUT2D eigenvalue weighted by Crippen LogP contribution is 2.28. The van der Waals surface area contributed by atoms with Crippen molar-refractivity contribution < 1.29 is 8.42 Å². The first-order valence-electron chi connectivity index (χ1n) is 10.8. The zero-order valence-corrected chi connectivity index (χ0v) is 18.5. The van der Waals surface area contributed by atoms with Gasteiger partial charge in [0.1, 0.15) is 0 Å². The van der Waals surface area contributed by atoms with Gasteiger partial charge in [0.2, 0.25) is 0 Å². The Morgan fingerprint density at radius 3 is 2.50 bits per heavy atom. The maximum absolute atomic E-state index is 13.3. The molecule has 3 heterocycles. The quantitative estimate of drug-likeness (QED) is 0.616. The van der Waals surface area contributed by atoms with Crippen molar-refractivity contribution in [2.45, 2.75) is 30.5 Å². The molecule has 5 rings (SSSR count). The molecule has 32 heavy (non-hydrogen) atoms. The SMILES string of the molecule is N#Cc1ccc(-c2cccc(S(=O)(=O)N3CCC(N4CCc5ccccc5C4)C3)n2)cc1. The predicted molar refractivity (Wildman–Crippen MR) is 122 cm³/mol. The molecule has 0 radical (unpaired) electrons. The first-order valence-corrected chi connectivity index (χ1v) is 12.3. The second-order valence-electron chi connectivity index (χ2n) is 8.34. The number of sulfonamides is 1. The normalized spacial score (nSPS) is 19.4. The minimum absolute atomic E-state index is 0.0731. The molecule has 0 amide bonds. The van der Waals surface area contributed by atoms with Crippen molar-refractivity contribution in [3.8, 4) is 17.3 Å². The lowest BCUT2D eigenvalue weighted by atomic mass is 9.98. The fourth-order valence-electron chi connectivity index (χ4n) is 4.62. The number of aromatic nitrogens is 1. The third kappa shape index (κ3) is 3.93. The van der Waals surface area contributed by atoms with Crippen LogP contribution in [0.1, 0.15) is 23.1 Å². The molecule has 6 nitrogen and oxygen atoms in total. The van der Waals surface area contributed by atoms with E-state index >= 15 is 0 Å². The van der Waals surface area contributed by atoms with Gasteiger partial charge in [0.05, 0.1) is 17.3 Å². The van der Waals surface area contributed by atoms with Crippen LogP contribution in [0, 0.1) is 11.3 Å². The molecule has 1 saturated heterocycles. The molecule has 1 unspecified atom stereocenters. The van der Waals surface area contributed by atoms with E-state index in [1.807, 2.05) is 0 Å². The molecule has 2 aromatic carbocycles. The predicted octanol–water partition coefficient (Wildman–Crippen LogP) is 3.44. The van der Waals surface area contributed by atoms with E-state index in [9.17, 15) is 8.42 Å². The number of nitrogens with zero attached hydrogens (tertiary/aromatic N) is 4. The number of fused-ring (bicyclic) bond motifs is 1. The summed E-state index contributed by atoms with van der Waals surface area (Å²) < 4.78 is 28.3. The molecule has 0 N–H and O–H groups in total. The maximum Gasteiger partial charge on any atom is 0.260 e. The standard InChI is InChI=1S/C25H24N4O2S/c26-16-19-8-10-21(11-9-19)24-6-3-7-25(27-24)32(30,31)29-15-13-23(18-29)28-14-12-20-4-1-2-5-22(20)17-28/h1-11,23H,12-15,17-18H2. The number of hydrogen-bond donors (Lipinski definition) is 0. The highest BCUT2D eigenvalue weighted by atomic mass is 32.2. The number of rotatable bonds is 4. The van der Waals surface area contributed by atoms with Crippen molar-refractivity contribution in [1.82, 2.24) is 14.2 Å². The zero-order chi connectivity index (χ0) is 22.1. The summed E-state index contributed by atoms with van der Waals surface area (Å²) in [6.45, 7) is 2.84. The zero-order valence-electron chi connectivity index (χ0n) is 17.7. The van der Waals surface area contributed by atoms with Gasteiger partial charge in [0, 0.05) is 37.8 Å². The Morgan fingerprint density at radius 2 is 1.72 bits per heavy atom. The van der Waals surface area contributed by atoms with E-state index in [1.165, 1.54) is 11.1 Å². The minimum atomic E-state index is -3.67. The lowest BCUT2D eigenvalue weighted by Gasteiger charge is -2.33. The molecule has 1 fully saturated rings. The van der Waals surface area contributed by atoms with Crippen molar-refractivity contribution in [3.63, 3.8) is 0 Å². The first kappa shape index (κ1) is 20.8. The van der Waals surface area contributed by atoms with E-state index in [-0.39, 0.29) is 11.1 Å². The second-order valence-corrected chi connectivity index (χ2v) is 10.2. The van der Waals surface area contributed by atoms with Crippen LogP contribution in [0.15, 0.2) is 71.8 Å². The van der Waals surface area contributed by atoms with Gasteiger partial charge in [-0.05, 0) is 48.2 Å². The average Bonchev–Trinajstić information content (AvgIpc) is 3.35. The minimum Gasteiger partial charge on any atom is -0.294 e. The lowest BCUT2D eigenvalue weighted by molar-refractivity contribution is 0.185. The molecule has 3 aromatic rings. The molecule has 0 aliphatic carbocycles. The third-order valence-electron chi connectivity index (χ3n) is 6.44. The number of hydrogen-bond acceptors (Lipinski definition) is 5. The van der Waals surface area contributed by atoms with Crippen LogP contribution in [0.4, 0.5) is 0 Å². The summed E-state index contributed by atoms with van der Waals surface area (Å²) in [6.07, 6.45) is 1.84. The van der Waals surface area contributed by atoms with Crippen LogP contribution in [0.2, 0.25) is 0 Å². The Morgan fingerprint density at radius 1 is 0.938 bits per heavy atom. The summed E-state index contributed by atoms with van der Waals surface area (Å²) in [5.74, 6) is 0. The van der Waals surface area contributed by atoms with Crippen LogP contribution >= 0.6 is 0 Å². The highest BCUT2D eigenvalue weighted by molar-refractivity contribution is 7.89. The molecule has 7 heteroatoms. The first-order chi connectivity index (χ1) is 15.5. The molecular formula is C25H24N4O2S. The van der Waals surface area contributed by atoms with Crippen LogP contribution < -0.4 is 0 Å². The average molecular weight is 445 g/mol. The summed E-state index contributed by atoms with van der Waals surface area (Å²) in [5.41, 5.74) is 4.67. The van der Waals surface area contributed by atoms with E-state index in [0.29, 0.717) is 24.3 Å². The van der Waals surface area contributed by atoms with E-state index in [0.717, 1.165) is 31.5 Å². The molecular weight excluding hydrogens is 420 g/mol. The summed E-state index contributed by atoms with van der Waals surface area (Å²) in [4.78, 5) is 6.87. The fourth-order valence-corrected chi connectivity index (χ4v) is 6.07. The van der Waals surface area contributed by atoms with Crippen molar-refractivity contribution in [2.75, 3.05) is 19.6 Å². The van der Waals surface area contributed by atoms with Gasteiger partial charge in [-0.15, -0.1) is 0 Å². The smallest absolute Gasteiger partial charge is 0.260 e. The van der Waals surface area contributed by atoms with Crippen LogP contribution in [0.3, 0.4) is 0 Å². The van der Waals surface area contributed by atoms with Gasteiger partial charge in [-0.2, -0.15) is 9.57 Å². The third-order valence-corrected chi connectivity index (χ3v) is 8.21. The summed E-state index contributed by atoms with van der Waals surface area (Å²) >= 11 is 0. The Bertz CT molecular complexity index is 1280. The van der Waals surface area contributed by atoms with Gasteiger partial charge in [0.25, 0.3) is 10.0 Å². The van der Waals surface area contributed by atoms with E-state index in [1.54, 1.807) is 46.8 Å². The molecule has 0 spiro atoms. The van der Waals surface area contributed by atoms with Crippen LogP contribution in [0.25, 0.3) is 11.3 Å². The van der Waals surface area contributed by atoms with Gasteiger partial charge in [-0.3, -0.25) is 4.90 Å². The van der Waals surface area contributed by atoms with Crippen molar-refractivity contribution in [2.24, 2.45) is 0 Å². The van der Waals surface area contributed by atoms with E-state index in [2.05, 4.69) is 40.2 Å². The topological polar surface area (TPSA) is 77.3 Å². The molecule has 162 valence electrons. The molecule has 2 aliphatic heterocycles. The number of nitriles is 1. The van der Waals surface area contributed by atoms with Crippen molar-refractivity contribution >= 4 is 10.0 Å². The number of benzene rings is 2. The maximum atomic E-state index is 13.3. The van der Waals surface area contributed by atoms with Gasteiger partial charge in [-0.25, -0.2) is 13.4 Å². The monoisotopic (exact) mass is 444 g/mol. The summed E-state index contributed by atoms with van der Waals surface area (Å²) in [7, 11) is -3.67. The molecule has 0 saturated carbocycles. The van der Waals surface area contributed by atoms with Crippen LogP contribution in [0.5, 0.6) is 0 Å². The summed E-state index contributed by atoms with van der Waals surface area (Å²) in [6, 6.07) is 22.9. The Balaban J connectivity index is 1.33.